The number of anilines is 1. The van der Waals surface area contributed by atoms with E-state index in [1.165, 1.54) is 11.1 Å². The fraction of sp³-hybridized carbons (Fsp3) is 0.238. The first-order valence-corrected chi connectivity index (χ1v) is 8.80. The van der Waals surface area contributed by atoms with Crippen LogP contribution in [-0.4, -0.2) is 17.7 Å². The average molecular weight is 364 g/mol. The third kappa shape index (κ3) is 3.79. The summed E-state index contributed by atoms with van der Waals surface area (Å²) in [5, 5.41) is 2.85. The Kier molecular flexibility index (Phi) is 4.54. The topological polar surface area (TPSA) is 73.6 Å². The van der Waals surface area contributed by atoms with Gasteiger partial charge in [-0.15, -0.1) is 0 Å². The van der Waals surface area contributed by atoms with Crippen LogP contribution >= 0.6 is 0 Å². The number of amides is 1. The molecule has 1 amide bonds. The Balaban J connectivity index is 1.35. The van der Waals surface area contributed by atoms with E-state index in [-0.39, 0.29) is 19.1 Å². The van der Waals surface area contributed by atoms with Crippen molar-refractivity contribution in [2.24, 2.45) is 0 Å². The lowest BCUT2D eigenvalue weighted by atomic mass is 10.1. The molecule has 1 aromatic heterocycles. The second kappa shape index (κ2) is 7.15. The maximum Gasteiger partial charge on any atom is 0.231 e. The van der Waals surface area contributed by atoms with Gasteiger partial charge in [-0.1, -0.05) is 12.1 Å². The predicted octanol–water partition coefficient (Wildman–Crippen LogP) is 4.26. The highest BCUT2D eigenvalue weighted by atomic mass is 16.7. The van der Waals surface area contributed by atoms with Crippen molar-refractivity contribution in [2.75, 3.05) is 12.1 Å². The number of oxazole rings is 1. The molecule has 6 heteroatoms. The molecule has 0 unspecified atom stereocenters. The van der Waals surface area contributed by atoms with Crippen molar-refractivity contribution >= 4 is 11.6 Å². The van der Waals surface area contributed by atoms with Gasteiger partial charge in [0.2, 0.25) is 12.7 Å². The maximum atomic E-state index is 12.2. The molecule has 2 aromatic carbocycles. The molecule has 0 spiro atoms. The van der Waals surface area contributed by atoms with Gasteiger partial charge in [-0.2, -0.15) is 0 Å². The number of benzene rings is 2. The molecular formula is C21H20N2O4. The Morgan fingerprint density at radius 3 is 2.78 bits per heavy atom. The van der Waals surface area contributed by atoms with Crippen molar-refractivity contribution in [3.63, 3.8) is 0 Å². The summed E-state index contributed by atoms with van der Waals surface area (Å²) in [6.45, 7) is 4.35. The summed E-state index contributed by atoms with van der Waals surface area (Å²) in [5.74, 6) is 2.47. The third-order valence-corrected chi connectivity index (χ3v) is 4.57. The minimum atomic E-state index is -0.111. The molecule has 1 aliphatic heterocycles. The van der Waals surface area contributed by atoms with Gasteiger partial charge in [-0.25, -0.2) is 4.98 Å². The first kappa shape index (κ1) is 17.1. The van der Waals surface area contributed by atoms with Crippen molar-refractivity contribution < 1.29 is 18.7 Å². The number of rotatable bonds is 5. The second-order valence-corrected chi connectivity index (χ2v) is 6.53. The van der Waals surface area contributed by atoms with Crippen LogP contribution in [0.3, 0.4) is 0 Å². The molecule has 0 saturated carbocycles. The zero-order valence-electron chi connectivity index (χ0n) is 15.2. The highest BCUT2D eigenvalue weighted by Gasteiger charge is 2.15. The molecule has 4 rings (SSSR count). The zero-order chi connectivity index (χ0) is 18.8. The van der Waals surface area contributed by atoms with Gasteiger partial charge in [0.1, 0.15) is 0 Å². The number of nitrogens with one attached hydrogen (secondary N) is 1. The van der Waals surface area contributed by atoms with Crippen molar-refractivity contribution in [3.8, 4) is 22.8 Å². The SMILES string of the molecule is Cc1ccc(-c2cnc(CCC(=O)Nc3ccc4c(c3)OCO4)o2)cc1C. The molecule has 1 aliphatic rings. The first-order valence-electron chi connectivity index (χ1n) is 8.80. The van der Waals surface area contributed by atoms with Gasteiger partial charge in [0, 0.05) is 30.2 Å². The van der Waals surface area contributed by atoms with Crippen LogP contribution in [-0.2, 0) is 11.2 Å². The van der Waals surface area contributed by atoms with Crippen LogP contribution in [0.1, 0.15) is 23.4 Å². The molecule has 0 fully saturated rings. The third-order valence-electron chi connectivity index (χ3n) is 4.57. The second-order valence-electron chi connectivity index (χ2n) is 6.53. The van der Waals surface area contributed by atoms with E-state index < -0.39 is 0 Å². The smallest absolute Gasteiger partial charge is 0.231 e. The van der Waals surface area contributed by atoms with Gasteiger partial charge in [-0.05, 0) is 43.2 Å². The molecule has 0 saturated heterocycles. The van der Waals surface area contributed by atoms with Crippen molar-refractivity contribution in [1.82, 2.24) is 4.98 Å². The Hall–Kier alpha value is -3.28. The molecule has 6 nitrogen and oxygen atoms in total. The summed E-state index contributed by atoms with van der Waals surface area (Å²) in [4.78, 5) is 16.5. The van der Waals surface area contributed by atoms with Crippen LogP contribution in [0.15, 0.2) is 47.0 Å². The molecular weight excluding hydrogens is 344 g/mol. The van der Waals surface area contributed by atoms with Gasteiger partial charge in [0.15, 0.2) is 23.1 Å². The number of aromatic nitrogens is 1. The Morgan fingerprint density at radius 2 is 1.93 bits per heavy atom. The number of hydrogen-bond donors (Lipinski definition) is 1. The van der Waals surface area contributed by atoms with Gasteiger partial charge >= 0.3 is 0 Å². The molecule has 0 aliphatic carbocycles. The number of nitrogens with zero attached hydrogens (tertiary/aromatic N) is 1. The highest BCUT2D eigenvalue weighted by molar-refractivity contribution is 5.91. The lowest BCUT2D eigenvalue weighted by Gasteiger charge is -2.05. The number of aryl methyl sites for hydroxylation is 3. The number of fused-ring (bicyclic) bond motifs is 1. The summed E-state index contributed by atoms with van der Waals surface area (Å²) in [6, 6.07) is 11.5. The minimum Gasteiger partial charge on any atom is -0.454 e. The normalized spacial score (nSPS) is 12.2. The average Bonchev–Trinajstić information content (AvgIpc) is 3.31. The molecule has 2 heterocycles. The van der Waals surface area contributed by atoms with Gasteiger partial charge < -0.3 is 19.2 Å². The Labute approximate surface area is 157 Å². The molecule has 27 heavy (non-hydrogen) atoms. The van der Waals surface area contributed by atoms with E-state index in [1.54, 1.807) is 24.4 Å². The van der Waals surface area contributed by atoms with E-state index in [9.17, 15) is 4.79 Å². The van der Waals surface area contributed by atoms with Gasteiger partial charge in [0.05, 0.1) is 6.20 Å². The standard InChI is InChI=1S/C21H20N2O4/c1-13-3-4-15(9-14(13)2)19-11-22-21(27-19)8-7-20(24)23-16-5-6-17-18(10-16)26-12-25-17/h3-6,9-11H,7-8,12H2,1-2H3,(H,23,24). The van der Waals surface area contributed by atoms with E-state index in [1.807, 2.05) is 6.07 Å². The highest BCUT2D eigenvalue weighted by Crippen LogP contribution is 2.34. The summed E-state index contributed by atoms with van der Waals surface area (Å²) in [6.07, 6.45) is 2.41. The van der Waals surface area contributed by atoms with Crippen LogP contribution < -0.4 is 14.8 Å². The van der Waals surface area contributed by atoms with Crippen LogP contribution in [0.4, 0.5) is 5.69 Å². The molecule has 138 valence electrons. The number of carbonyl (C=O) groups excluding carboxylic acids is 1. The minimum absolute atomic E-state index is 0.111. The summed E-state index contributed by atoms with van der Waals surface area (Å²) >= 11 is 0. The zero-order valence-corrected chi connectivity index (χ0v) is 15.2. The van der Waals surface area contributed by atoms with Crippen LogP contribution in [0, 0.1) is 13.8 Å². The summed E-state index contributed by atoms with van der Waals surface area (Å²) in [5.41, 5.74) is 4.10. The van der Waals surface area contributed by atoms with E-state index in [0.29, 0.717) is 35.3 Å². The molecule has 0 bridgehead atoms. The Bertz CT molecular complexity index is 994. The van der Waals surface area contributed by atoms with Crippen LogP contribution in [0.2, 0.25) is 0 Å². The lowest BCUT2D eigenvalue weighted by molar-refractivity contribution is -0.116. The van der Waals surface area contributed by atoms with E-state index in [4.69, 9.17) is 13.9 Å². The summed E-state index contributed by atoms with van der Waals surface area (Å²) in [7, 11) is 0. The predicted molar refractivity (Wildman–Crippen MR) is 101 cm³/mol. The number of ether oxygens (including phenoxy) is 2. The van der Waals surface area contributed by atoms with Gasteiger partial charge in [0.25, 0.3) is 0 Å². The molecule has 0 atom stereocenters. The summed E-state index contributed by atoms with van der Waals surface area (Å²) < 4.78 is 16.4. The van der Waals surface area contributed by atoms with E-state index in [2.05, 4.69) is 36.3 Å². The van der Waals surface area contributed by atoms with Crippen molar-refractivity contribution in [3.05, 3.63) is 59.6 Å². The Morgan fingerprint density at radius 1 is 1.07 bits per heavy atom. The van der Waals surface area contributed by atoms with Crippen LogP contribution in [0.25, 0.3) is 11.3 Å². The monoisotopic (exact) mass is 364 g/mol. The quantitative estimate of drug-likeness (QED) is 0.732. The lowest BCUT2D eigenvalue weighted by Crippen LogP contribution is -2.12. The fourth-order valence-corrected chi connectivity index (χ4v) is 2.87. The van der Waals surface area contributed by atoms with E-state index >= 15 is 0 Å². The largest absolute Gasteiger partial charge is 0.454 e. The van der Waals surface area contributed by atoms with Crippen LogP contribution in [0.5, 0.6) is 11.5 Å². The maximum absolute atomic E-state index is 12.2. The van der Waals surface area contributed by atoms with Crippen molar-refractivity contribution in [2.45, 2.75) is 26.7 Å². The molecule has 3 aromatic rings. The first-order chi connectivity index (χ1) is 13.1. The molecule has 1 N–H and O–H groups in total. The molecule has 0 radical (unpaired) electrons. The van der Waals surface area contributed by atoms with E-state index in [0.717, 1.165) is 5.56 Å². The van der Waals surface area contributed by atoms with Crippen molar-refractivity contribution in [1.29, 1.82) is 0 Å². The van der Waals surface area contributed by atoms with Gasteiger partial charge in [-0.3, -0.25) is 4.79 Å². The fourth-order valence-electron chi connectivity index (χ4n) is 2.87. The number of hydrogen-bond acceptors (Lipinski definition) is 5. The number of carbonyl (C=O) groups is 1.